The van der Waals surface area contributed by atoms with Gasteiger partial charge in [-0.05, 0) is 60.9 Å². The average Bonchev–Trinajstić information content (AvgIpc) is 3.28. The number of non-ortho nitro benzene ring substituents is 1. The minimum absolute atomic E-state index is 0.0627. The van der Waals surface area contributed by atoms with E-state index in [1.165, 1.54) is 28.9 Å². The van der Waals surface area contributed by atoms with Gasteiger partial charge in [-0.15, -0.1) is 0 Å². The molecule has 11 nitrogen and oxygen atoms in total. The average molecular weight is 566 g/mol. The van der Waals surface area contributed by atoms with E-state index in [1.54, 1.807) is 24.3 Å². The van der Waals surface area contributed by atoms with Crippen molar-refractivity contribution in [2.45, 2.75) is 17.7 Å². The lowest BCUT2D eigenvalue weighted by molar-refractivity contribution is -0.384. The molecule has 2 amide bonds. The predicted molar refractivity (Wildman–Crippen MR) is 144 cm³/mol. The van der Waals surface area contributed by atoms with Crippen LogP contribution >= 0.6 is 11.6 Å². The summed E-state index contributed by atoms with van der Waals surface area (Å²) in [5, 5.41) is 18.1. The van der Waals surface area contributed by atoms with E-state index in [1.807, 2.05) is 6.07 Å². The van der Waals surface area contributed by atoms with Crippen molar-refractivity contribution in [2.75, 3.05) is 11.6 Å². The number of hydrogen-bond acceptors (Lipinski definition) is 7. The van der Waals surface area contributed by atoms with Crippen LogP contribution in [0.1, 0.15) is 32.0 Å². The Bertz CT molecular complexity index is 1800. The molecule has 0 bridgehead atoms. The van der Waals surface area contributed by atoms with Crippen LogP contribution in [0.3, 0.4) is 0 Å². The van der Waals surface area contributed by atoms with Crippen LogP contribution in [-0.4, -0.2) is 41.2 Å². The number of carbonyl (C=O) groups excluding carboxylic acids is 2. The van der Waals surface area contributed by atoms with Crippen molar-refractivity contribution in [3.05, 3.63) is 98.2 Å². The number of aryl methyl sites for hydroxylation is 1. The van der Waals surface area contributed by atoms with Gasteiger partial charge < -0.3 is 11.1 Å². The van der Waals surface area contributed by atoms with Gasteiger partial charge in [-0.2, -0.15) is 5.10 Å². The molecule has 0 unspecified atom stereocenters. The molecule has 1 heterocycles. The lowest BCUT2D eigenvalue weighted by atomic mass is 9.88. The zero-order valence-corrected chi connectivity index (χ0v) is 21.9. The van der Waals surface area contributed by atoms with E-state index in [0.29, 0.717) is 41.0 Å². The largest absolute Gasteiger partial charge is 0.364 e. The summed E-state index contributed by atoms with van der Waals surface area (Å²) in [5.41, 5.74) is 9.39. The van der Waals surface area contributed by atoms with Gasteiger partial charge in [0.25, 0.3) is 17.5 Å². The molecular formula is C26H20ClN5O6S. The van der Waals surface area contributed by atoms with Crippen LogP contribution in [0.4, 0.5) is 11.4 Å². The first kappa shape index (κ1) is 26.1. The van der Waals surface area contributed by atoms with Crippen LogP contribution < -0.4 is 11.1 Å². The maximum absolute atomic E-state index is 12.9. The Morgan fingerprint density at radius 2 is 1.79 bits per heavy atom. The Labute approximate surface area is 227 Å². The van der Waals surface area contributed by atoms with E-state index in [2.05, 4.69) is 10.4 Å². The van der Waals surface area contributed by atoms with Crippen LogP contribution in [0.2, 0.25) is 5.02 Å². The van der Waals surface area contributed by atoms with E-state index in [0.717, 1.165) is 17.9 Å². The summed E-state index contributed by atoms with van der Waals surface area (Å²) in [5.74, 6) is -1.26. The first-order chi connectivity index (χ1) is 18.4. The van der Waals surface area contributed by atoms with Crippen molar-refractivity contribution < 1.29 is 22.9 Å². The molecule has 4 aromatic rings. The fourth-order valence-corrected chi connectivity index (χ4v) is 5.43. The maximum atomic E-state index is 12.9. The Morgan fingerprint density at radius 1 is 1.08 bits per heavy atom. The standard InChI is InChI=1S/C26H20ClN5O6S/c1-39(37,38)18-8-5-16(6-9-18)31-24-20(23(30-31)25(28)33)10-3-14-2-4-15(12-21(14)24)29-26(34)19-11-7-17(32(35)36)13-22(19)27/h2,4-9,11-13H,3,10H2,1H3,(H2,28,33)(H,29,34). The fraction of sp³-hybridized carbons (Fsp3) is 0.115. The fourth-order valence-electron chi connectivity index (χ4n) is 4.54. The van der Waals surface area contributed by atoms with Crippen LogP contribution in [-0.2, 0) is 22.7 Å². The molecule has 0 aliphatic heterocycles. The number of rotatable bonds is 6. The molecule has 3 aromatic carbocycles. The van der Waals surface area contributed by atoms with Crippen LogP contribution in [0.5, 0.6) is 0 Å². The normalized spacial score (nSPS) is 12.4. The quantitative estimate of drug-likeness (QED) is 0.263. The van der Waals surface area contributed by atoms with E-state index in [9.17, 15) is 28.1 Å². The molecule has 198 valence electrons. The molecule has 0 saturated carbocycles. The number of primary amides is 1. The molecule has 1 aliphatic rings. The third-order valence-corrected chi connectivity index (χ3v) is 7.84. The van der Waals surface area contributed by atoms with Gasteiger partial charge in [0.2, 0.25) is 0 Å². The molecule has 3 N–H and O–H groups in total. The molecule has 0 fully saturated rings. The van der Waals surface area contributed by atoms with E-state index < -0.39 is 26.6 Å². The van der Waals surface area contributed by atoms with Gasteiger partial charge in [0.05, 0.1) is 31.8 Å². The number of nitrogens with two attached hydrogens (primary N) is 1. The highest BCUT2D eigenvalue weighted by atomic mass is 35.5. The second-order valence-electron chi connectivity index (χ2n) is 8.97. The minimum atomic E-state index is -3.41. The van der Waals surface area contributed by atoms with Crippen LogP contribution in [0.25, 0.3) is 16.9 Å². The number of nitro groups is 1. The van der Waals surface area contributed by atoms with Crippen LogP contribution in [0.15, 0.2) is 65.6 Å². The van der Waals surface area contributed by atoms with E-state index in [-0.39, 0.29) is 26.9 Å². The smallest absolute Gasteiger partial charge is 0.270 e. The number of nitrogens with zero attached hydrogens (tertiary/aromatic N) is 3. The lowest BCUT2D eigenvalue weighted by Gasteiger charge is -2.20. The number of sulfone groups is 1. The first-order valence-electron chi connectivity index (χ1n) is 11.5. The molecule has 0 saturated heterocycles. The number of fused-ring (bicyclic) bond motifs is 3. The molecule has 39 heavy (non-hydrogen) atoms. The number of halogens is 1. The lowest BCUT2D eigenvalue weighted by Crippen LogP contribution is -2.16. The Morgan fingerprint density at radius 3 is 2.41 bits per heavy atom. The van der Waals surface area contributed by atoms with E-state index >= 15 is 0 Å². The second-order valence-corrected chi connectivity index (χ2v) is 11.4. The molecule has 0 spiro atoms. The predicted octanol–water partition coefficient (Wildman–Crippen LogP) is 3.95. The van der Waals surface area contributed by atoms with Gasteiger partial charge in [-0.1, -0.05) is 17.7 Å². The Hall–Kier alpha value is -4.55. The SMILES string of the molecule is CS(=O)(=O)c1ccc(-n2nc(C(N)=O)c3c2-c2cc(NC(=O)c4ccc([N+](=O)[O-])cc4Cl)ccc2CC3)cc1. The number of amides is 2. The van der Waals surface area contributed by atoms with Gasteiger partial charge in [0.1, 0.15) is 0 Å². The molecule has 0 radical (unpaired) electrons. The van der Waals surface area contributed by atoms with Crippen LogP contribution in [0, 0.1) is 10.1 Å². The van der Waals surface area contributed by atoms with Gasteiger partial charge in [0, 0.05) is 35.2 Å². The summed E-state index contributed by atoms with van der Waals surface area (Å²) >= 11 is 6.12. The minimum Gasteiger partial charge on any atom is -0.364 e. The maximum Gasteiger partial charge on any atom is 0.270 e. The number of hydrogen-bond donors (Lipinski definition) is 2. The summed E-state index contributed by atoms with van der Waals surface area (Å²) in [6, 6.07) is 15.0. The third kappa shape index (κ3) is 4.87. The number of anilines is 1. The van der Waals surface area contributed by atoms with Crippen molar-refractivity contribution in [3.63, 3.8) is 0 Å². The molecule has 1 aliphatic carbocycles. The van der Waals surface area contributed by atoms with Gasteiger partial charge >= 0.3 is 0 Å². The number of carbonyl (C=O) groups is 2. The molecule has 1 aromatic heterocycles. The zero-order chi connectivity index (χ0) is 28.1. The van der Waals surface area contributed by atoms with Crippen molar-refractivity contribution >= 4 is 44.6 Å². The monoisotopic (exact) mass is 565 g/mol. The Kier molecular flexibility index (Phi) is 6.44. The van der Waals surface area contributed by atoms with Crippen molar-refractivity contribution in [3.8, 4) is 16.9 Å². The van der Waals surface area contributed by atoms with Gasteiger partial charge in [-0.25, -0.2) is 13.1 Å². The van der Waals surface area contributed by atoms with Gasteiger partial charge in [-0.3, -0.25) is 19.7 Å². The number of aromatic nitrogens is 2. The van der Waals surface area contributed by atoms with Crippen molar-refractivity contribution in [1.29, 1.82) is 0 Å². The third-order valence-electron chi connectivity index (χ3n) is 6.40. The second kappa shape index (κ2) is 9.64. The zero-order valence-electron chi connectivity index (χ0n) is 20.3. The van der Waals surface area contributed by atoms with Gasteiger partial charge in [0.15, 0.2) is 15.5 Å². The summed E-state index contributed by atoms with van der Waals surface area (Å²) in [4.78, 5) is 35.7. The number of nitro benzene ring substituents is 1. The van der Waals surface area contributed by atoms with Crippen molar-refractivity contribution in [2.24, 2.45) is 5.73 Å². The highest BCUT2D eigenvalue weighted by molar-refractivity contribution is 7.90. The van der Waals surface area contributed by atoms with Crippen molar-refractivity contribution in [1.82, 2.24) is 9.78 Å². The number of benzene rings is 3. The highest BCUT2D eigenvalue weighted by Gasteiger charge is 2.28. The number of nitrogens with one attached hydrogen (secondary N) is 1. The molecule has 13 heteroatoms. The highest BCUT2D eigenvalue weighted by Crippen LogP contribution is 2.38. The molecular weight excluding hydrogens is 546 g/mol. The Balaban J connectivity index is 1.56. The summed E-state index contributed by atoms with van der Waals surface area (Å²) in [7, 11) is -3.41. The molecule has 5 rings (SSSR count). The topological polar surface area (TPSA) is 167 Å². The summed E-state index contributed by atoms with van der Waals surface area (Å²) < 4.78 is 25.4. The first-order valence-corrected chi connectivity index (χ1v) is 13.8. The van der Waals surface area contributed by atoms with E-state index in [4.69, 9.17) is 17.3 Å². The summed E-state index contributed by atoms with van der Waals surface area (Å²) in [6.45, 7) is 0. The molecule has 0 atom stereocenters. The summed E-state index contributed by atoms with van der Waals surface area (Å²) in [6.07, 6.45) is 2.22.